The lowest BCUT2D eigenvalue weighted by molar-refractivity contribution is 0.339. The summed E-state index contributed by atoms with van der Waals surface area (Å²) in [6, 6.07) is 6.49. The Balaban J connectivity index is 2.12. The molecular weight excluding hydrogens is 234 g/mol. The molecule has 0 fully saturated rings. The van der Waals surface area contributed by atoms with Crippen molar-refractivity contribution in [2.75, 3.05) is 6.61 Å². The van der Waals surface area contributed by atoms with E-state index >= 15 is 0 Å². The van der Waals surface area contributed by atoms with E-state index in [-0.39, 0.29) is 5.92 Å². The van der Waals surface area contributed by atoms with Gasteiger partial charge in [-0.05, 0) is 56.0 Å². The first kappa shape index (κ1) is 12.2. The SMILES string of the molecule is Cc1ccc(C2COc3c(C)c(C)cc(C)c32)nc1. The molecule has 1 aliphatic heterocycles. The molecule has 0 aliphatic carbocycles. The van der Waals surface area contributed by atoms with Gasteiger partial charge in [-0.2, -0.15) is 0 Å². The number of hydrogen-bond donors (Lipinski definition) is 0. The molecule has 19 heavy (non-hydrogen) atoms. The van der Waals surface area contributed by atoms with Gasteiger partial charge in [0.05, 0.1) is 11.6 Å². The van der Waals surface area contributed by atoms with Crippen LogP contribution in [0.5, 0.6) is 5.75 Å². The van der Waals surface area contributed by atoms with Crippen LogP contribution in [0, 0.1) is 27.7 Å². The third-order valence-corrected chi connectivity index (χ3v) is 4.07. The van der Waals surface area contributed by atoms with E-state index in [9.17, 15) is 0 Å². The zero-order valence-corrected chi connectivity index (χ0v) is 11.9. The number of pyridine rings is 1. The molecule has 0 saturated heterocycles. The molecule has 1 aliphatic rings. The van der Waals surface area contributed by atoms with Crippen molar-refractivity contribution in [2.45, 2.75) is 33.6 Å². The second kappa shape index (κ2) is 4.37. The molecule has 1 atom stereocenters. The molecule has 0 radical (unpaired) electrons. The van der Waals surface area contributed by atoms with Crippen LogP contribution in [0.15, 0.2) is 24.4 Å². The summed E-state index contributed by atoms with van der Waals surface area (Å²) in [4.78, 5) is 4.57. The lowest BCUT2D eigenvalue weighted by Gasteiger charge is -2.13. The summed E-state index contributed by atoms with van der Waals surface area (Å²) in [5, 5.41) is 0. The molecule has 1 aromatic heterocycles. The van der Waals surface area contributed by atoms with Crippen molar-refractivity contribution in [3.63, 3.8) is 0 Å². The van der Waals surface area contributed by atoms with Crippen LogP contribution in [0.1, 0.15) is 39.4 Å². The third kappa shape index (κ3) is 1.92. The summed E-state index contributed by atoms with van der Waals surface area (Å²) < 4.78 is 5.95. The van der Waals surface area contributed by atoms with Gasteiger partial charge in [0.15, 0.2) is 0 Å². The maximum absolute atomic E-state index is 5.95. The fourth-order valence-electron chi connectivity index (χ4n) is 2.86. The summed E-state index contributed by atoms with van der Waals surface area (Å²) in [5.41, 5.74) is 7.49. The highest BCUT2D eigenvalue weighted by Crippen LogP contribution is 2.42. The van der Waals surface area contributed by atoms with Crippen molar-refractivity contribution in [1.29, 1.82) is 0 Å². The van der Waals surface area contributed by atoms with Gasteiger partial charge < -0.3 is 4.74 Å². The van der Waals surface area contributed by atoms with E-state index in [0.29, 0.717) is 6.61 Å². The lowest BCUT2D eigenvalue weighted by Crippen LogP contribution is -2.05. The molecule has 2 aromatic rings. The van der Waals surface area contributed by atoms with Gasteiger partial charge in [-0.1, -0.05) is 12.1 Å². The van der Waals surface area contributed by atoms with Crippen LogP contribution in [0.2, 0.25) is 0 Å². The van der Waals surface area contributed by atoms with Crippen LogP contribution in [0.3, 0.4) is 0 Å². The molecule has 1 aromatic carbocycles. The second-order valence-electron chi connectivity index (χ2n) is 5.50. The third-order valence-electron chi connectivity index (χ3n) is 4.07. The molecule has 3 rings (SSSR count). The number of aromatic nitrogens is 1. The van der Waals surface area contributed by atoms with Crippen molar-refractivity contribution >= 4 is 0 Å². The molecule has 0 N–H and O–H groups in total. The van der Waals surface area contributed by atoms with Gasteiger partial charge >= 0.3 is 0 Å². The molecule has 98 valence electrons. The van der Waals surface area contributed by atoms with Gasteiger partial charge in [0, 0.05) is 11.8 Å². The van der Waals surface area contributed by atoms with Crippen molar-refractivity contribution in [3.05, 3.63) is 57.9 Å². The molecule has 0 spiro atoms. The van der Waals surface area contributed by atoms with E-state index in [1.807, 2.05) is 6.20 Å². The minimum atomic E-state index is 0.273. The van der Waals surface area contributed by atoms with E-state index in [2.05, 4.69) is 50.9 Å². The predicted octanol–water partition coefficient (Wildman–Crippen LogP) is 3.84. The highest BCUT2D eigenvalue weighted by Gasteiger charge is 2.30. The fraction of sp³-hybridized carbons (Fsp3) is 0.353. The molecule has 2 heteroatoms. The van der Waals surface area contributed by atoms with Crippen LogP contribution in [-0.4, -0.2) is 11.6 Å². The average Bonchev–Trinajstić information content (AvgIpc) is 2.82. The minimum absolute atomic E-state index is 0.273. The first-order valence-electron chi connectivity index (χ1n) is 6.74. The highest BCUT2D eigenvalue weighted by molar-refractivity contribution is 5.55. The van der Waals surface area contributed by atoms with Crippen LogP contribution in [0.25, 0.3) is 0 Å². The summed E-state index contributed by atoms with van der Waals surface area (Å²) >= 11 is 0. The van der Waals surface area contributed by atoms with Gasteiger partial charge in [-0.25, -0.2) is 0 Å². The van der Waals surface area contributed by atoms with Crippen LogP contribution >= 0.6 is 0 Å². The number of benzene rings is 1. The lowest BCUT2D eigenvalue weighted by atomic mass is 9.90. The maximum atomic E-state index is 5.95. The Morgan fingerprint density at radius 3 is 2.58 bits per heavy atom. The Morgan fingerprint density at radius 2 is 1.89 bits per heavy atom. The Labute approximate surface area is 114 Å². The Hall–Kier alpha value is -1.83. The highest BCUT2D eigenvalue weighted by atomic mass is 16.5. The van der Waals surface area contributed by atoms with E-state index < -0.39 is 0 Å². The quantitative estimate of drug-likeness (QED) is 0.770. The van der Waals surface area contributed by atoms with Crippen LogP contribution < -0.4 is 4.74 Å². The fourth-order valence-corrected chi connectivity index (χ4v) is 2.86. The second-order valence-corrected chi connectivity index (χ2v) is 5.50. The number of fused-ring (bicyclic) bond motifs is 1. The summed E-state index contributed by atoms with van der Waals surface area (Å²) in [5.74, 6) is 1.35. The summed E-state index contributed by atoms with van der Waals surface area (Å²) in [6.07, 6.45) is 1.93. The van der Waals surface area contributed by atoms with Crippen molar-refractivity contribution in [3.8, 4) is 5.75 Å². The molecule has 1 unspecified atom stereocenters. The summed E-state index contributed by atoms with van der Waals surface area (Å²) in [6.45, 7) is 9.22. The largest absolute Gasteiger partial charge is 0.492 e. The van der Waals surface area contributed by atoms with Gasteiger partial charge in [-0.15, -0.1) is 0 Å². The number of hydrogen-bond acceptors (Lipinski definition) is 2. The van der Waals surface area contributed by atoms with E-state index in [4.69, 9.17) is 4.74 Å². The first-order valence-corrected chi connectivity index (χ1v) is 6.74. The Bertz CT molecular complexity index is 629. The maximum Gasteiger partial charge on any atom is 0.126 e. The van der Waals surface area contributed by atoms with Crippen molar-refractivity contribution in [2.24, 2.45) is 0 Å². The molecular formula is C17H19NO. The number of ether oxygens (including phenoxy) is 1. The average molecular weight is 253 g/mol. The van der Waals surface area contributed by atoms with Crippen molar-refractivity contribution in [1.82, 2.24) is 4.98 Å². The smallest absolute Gasteiger partial charge is 0.126 e. The number of aryl methyl sites for hydroxylation is 3. The van der Waals surface area contributed by atoms with Crippen molar-refractivity contribution < 1.29 is 4.74 Å². The van der Waals surface area contributed by atoms with Gasteiger partial charge in [-0.3, -0.25) is 4.98 Å². The normalized spacial score (nSPS) is 17.2. The molecule has 0 saturated carbocycles. The number of nitrogens with zero attached hydrogens (tertiary/aromatic N) is 1. The zero-order chi connectivity index (χ0) is 13.6. The molecule has 0 amide bonds. The minimum Gasteiger partial charge on any atom is -0.492 e. The zero-order valence-electron chi connectivity index (χ0n) is 11.9. The standard InChI is InChI=1S/C17H19NO/c1-10-5-6-15(18-8-10)14-9-19-17-13(4)11(2)7-12(3)16(14)17/h5-8,14H,9H2,1-4H3. The van der Waals surface area contributed by atoms with Crippen LogP contribution in [-0.2, 0) is 0 Å². The Kier molecular flexibility index (Phi) is 2.81. The van der Waals surface area contributed by atoms with E-state index in [1.165, 1.54) is 27.8 Å². The monoisotopic (exact) mass is 253 g/mol. The summed E-state index contributed by atoms with van der Waals surface area (Å²) in [7, 11) is 0. The van der Waals surface area contributed by atoms with E-state index in [1.54, 1.807) is 0 Å². The predicted molar refractivity (Wildman–Crippen MR) is 77.0 cm³/mol. The number of rotatable bonds is 1. The first-order chi connectivity index (χ1) is 9.08. The van der Waals surface area contributed by atoms with Gasteiger partial charge in [0.2, 0.25) is 0 Å². The molecule has 2 nitrogen and oxygen atoms in total. The Morgan fingerprint density at radius 1 is 1.11 bits per heavy atom. The topological polar surface area (TPSA) is 22.1 Å². The van der Waals surface area contributed by atoms with Gasteiger partial charge in [0.1, 0.15) is 12.4 Å². The molecule has 0 bridgehead atoms. The van der Waals surface area contributed by atoms with Gasteiger partial charge in [0.25, 0.3) is 0 Å². The van der Waals surface area contributed by atoms with Crippen LogP contribution in [0.4, 0.5) is 0 Å². The van der Waals surface area contributed by atoms with E-state index in [0.717, 1.165) is 11.4 Å². The molecule has 2 heterocycles.